The lowest BCUT2D eigenvalue weighted by molar-refractivity contribution is -0.302. The van der Waals surface area contributed by atoms with Crippen LogP contribution >= 0.6 is 0 Å². The molecular formula is C65H125NO10. The van der Waals surface area contributed by atoms with Gasteiger partial charge in [0.25, 0.3) is 0 Å². The first-order valence-electron chi connectivity index (χ1n) is 33.0. The summed E-state index contributed by atoms with van der Waals surface area (Å²) < 4.78 is 16.7. The summed E-state index contributed by atoms with van der Waals surface area (Å²) in [5, 5.41) is 54.2. The molecule has 1 aliphatic rings. The summed E-state index contributed by atoms with van der Waals surface area (Å²) in [6.45, 7) is 4.35. The molecule has 0 aromatic carbocycles. The number of rotatable bonds is 58. The second kappa shape index (κ2) is 55.3. The number of aliphatic hydroxyl groups is 5. The van der Waals surface area contributed by atoms with Crippen LogP contribution in [0, 0.1) is 0 Å². The van der Waals surface area contributed by atoms with Crippen molar-refractivity contribution < 1.29 is 49.3 Å². The van der Waals surface area contributed by atoms with E-state index in [1.807, 2.05) is 6.08 Å². The molecule has 0 bridgehead atoms. The zero-order valence-corrected chi connectivity index (χ0v) is 49.7. The molecule has 7 atom stereocenters. The lowest BCUT2D eigenvalue weighted by Gasteiger charge is -2.40. The van der Waals surface area contributed by atoms with Crippen LogP contribution in [0.2, 0.25) is 0 Å². The zero-order valence-electron chi connectivity index (χ0n) is 49.7. The molecule has 0 aromatic rings. The fourth-order valence-corrected chi connectivity index (χ4v) is 10.7. The van der Waals surface area contributed by atoms with Gasteiger partial charge in [0.2, 0.25) is 5.91 Å². The van der Waals surface area contributed by atoms with E-state index in [-0.39, 0.29) is 18.5 Å². The highest BCUT2D eigenvalue weighted by Gasteiger charge is 2.44. The molecule has 1 amide bonds. The molecule has 450 valence electrons. The van der Waals surface area contributed by atoms with Gasteiger partial charge in [-0.25, -0.2) is 0 Å². The van der Waals surface area contributed by atoms with Crippen LogP contribution in [0.25, 0.3) is 0 Å². The molecule has 7 unspecified atom stereocenters. The van der Waals surface area contributed by atoms with Gasteiger partial charge >= 0.3 is 5.97 Å². The smallest absolute Gasteiger partial charge is 0.305 e. The first-order chi connectivity index (χ1) is 37.2. The van der Waals surface area contributed by atoms with Gasteiger partial charge in [-0.2, -0.15) is 0 Å². The standard InChI is InChI=1S/C65H125NO10/c1-3-5-7-9-11-13-14-15-30-33-37-41-45-49-53-61(70)74-54-50-46-42-38-34-31-28-26-24-22-20-18-16-17-19-21-23-25-27-29-32-36-40-44-48-52-60(69)66-57(58(68)51-47-43-39-35-12-10-8-6-4-2)56-75-65-64(73)63(72)62(71)59(55-67)76-65/h47,51,57-59,62-65,67-68,71-73H,3-46,48-50,52-56H2,1-2H3,(H,66,69)/b51-47+. The largest absolute Gasteiger partial charge is 0.466 e. The number of nitrogens with one attached hydrogen (secondary N) is 1. The maximum atomic E-state index is 13.0. The van der Waals surface area contributed by atoms with Crippen LogP contribution in [-0.4, -0.2) is 100 Å². The highest BCUT2D eigenvalue weighted by atomic mass is 16.7. The average molecular weight is 1080 g/mol. The van der Waals surface area contributed by atoms with Gasteiger partial charge in [0, 0.05) is 12.8 Å². The van der Waals surface area contributed by atoms with E-state index in [4.69, 9.17) is 14.2 Å². The number of hydrogen-bond donors (Lipinski definition) is 6. The lowest BCUT2D eigenvalue weighted by atomic mass is 9.99. The number of hydrogen-bond acceptors (Lipinski definition) is 10. The maximum Gasteiger partial charge on any atom is 0.305 e. The summed E-state index contributed by atoms with van der Waals surface area (Å²) in [6, 6.07) is -0.806. The lowest BCUT2D eigenvalue weighted by Crippen LogP contribution is -2.60. The predicted octanol–water partition coefficient (Wildman–Crippen LogP) is 15.9. The minimum absolute atomic E-state index is 0.00866. The average Bonchev–Trinajstić information content (AvgIpc) is 3.42. The first kappa shape index (κ1) is 72.4. The number of ether oxygens (including phenoxy) is 3. The fraction of sp³-hybridized carbons (Fsp3) is 0.938. The third kappa shape index (κ3) is 44.2. The Balaban J connectivity index is 1.94. The van der Waals surface area contributed by atoms with Crippen LogP contribution in [0.1, 0.15) is 328 Å². The van der Waals surface area contributed by atoms with Gasteiger partial charge in [0.1, 0.15) is 24.4 Å². The monoisotopic (exact) mass is 1080 g/mol. The van der Waals surface area contributed by atoms with Crippen molar-refractivity contribution in [1.82, 2.24) is 5.32 Å². The Morgan fingerprint density at radius 3 is 1.22 bits per heavy atom. The van der Waals surface area contributed by atoms with Crippen LogP contribution < -0.4 is 5.32 Å². The quantitative estimate of drug-likeness (QED) is 0.0195. The molecule has 0 radical (unpaired) electrons. The maximum absolute atomic E-state index is 13.0. The van der Waals surface area contributed by atoms with E-state index in [1.165, 1.54) is 244 Å². The SMILES string of the molecule is CCCCCCCCC/C=C/C(O)C(COC1OC(CO)C(O)C(O)C1O)NC(=O)CCCCCCCCCCCCCCCCCCCCCCCCCCCOC(=O)CCCCCCCCCCCCCCCC. The Labute approximate surface area is 468 Å². The second-order valence-corrected chi connectivity index (χ2v) is 23.2. The summed E-state index contributed by atoms with van der Waals surface area (Å²) in [7, 11) is 0. The van der Waals surface area contributed by atoms with Gasteiger partial charge < -0.3 is 45.1 Å². The Hall–Kier alpha value is -1.60. The number of aliphatic hydroxyl groups excluding tert-OH is 5. The van der Waals surface area contributed by atoms with E-state index < -0.39 is 49.5 Å². The molecule has 1 saturated heterocycles. The molecular weight excluding hydrogens is 955 g/mol. The number of unbranched alkanes of at least 4 members (excludes halogenated alkanes) is 44. The molecule has 1 aliphatic heterocycles. The van der Waals surface area contributed by atoms with Gasteiger partial charge in [0.15, 0.2) is 6.29 Å². The highest BCUT2D eigenvalue weighted by molar-refractivity contribution is 5.76. The van der Waals surface area contributed by atoms with Gasteiger partial charge in [-0.15, -0.1) is 0 Å². The first-order valence-corrected chi connectivity index (χ1v) is 33.0. The Morgan fingerprint density at radius 1 is 0.474 bits per heavy atom. The molecule has 6 N–H and O–H groups in total. The van der Waals surface area contributed by atoms with E-state index >= 15 is 0 Å². The van der Waals surface area contributed by atoms with Gasteiger partial charge in [0.05, 0.1) is 32.0 Å². The van der Waals surface area contributed by atoms with Crippen molar-refractivity contribution in [2.24, 2.45) is 0 Å². The molecule has 1 fully saturated rings. The Kier molecular flexibility index (Phi) is 52.7. The third-order valence-electron chi connectivity index (χ3n) is 15.9. The van der Waals surface area contributed by atoms with Crippen LogP contribution in [0.3, 0.4) is 0 Å². The van der Waals surface area contributed by atoms with E-state index in [0.29, 0.717) is 19.4 Å². The normalized spacial score (nSPS) is 18.6. The van der Waals surface area contributed by atoms with Gasteiger partial charge in [-0.3, -0.25) is 9.59 Å². The van der Waals surface area contributed by atoms with Crippen molar-refractivity contribution in [3.05, 3.63) is 12.2 Å². The van der Waals surface area contributed by atoms with Crippen molar-refractivity contribution >= 4 is 11.9 Å². The van der Waals surface area contributed by atoms with E-state index in [1.54, 1.807) is 6.08 Å². The van der Waals surface area contributed by atoms with E-state index in [2.05, 4.69) is 19.2 Å². The van der Waals surface area contributed by atoms with Crippen molar-refractivity contribution in [2.75, 3.05) is 19.8 Å². The molecule has 1 heterocycles. The summed E-state index contributed by atoms with van der Waals surface area (Å²) in [4.78, 5) is 25.1. The van der Waals surface area contributed by atoms with E-state index in [0.717, 1.165) is 57.8 Å². The van der Waals surface area contributed by atoms with Crippen molar-refractivity contribution in [3.63, 3.8) is 0 Å². The number of allylic oxidation sites excluding steroid dienone is 1. The Bertz CT molecular complexity index is 1270. The second-order valence-electron chi connectivity index (χ2n) is 23.2. The summed E-state index contributed by atoms with van der Waals surface area (Å²) in [6.07, 6.45) is 56.3. The van der Waals surface area contributed by atoms with Crippen LogP contribution in [-0.2, 0) is 23.8 Å². The molecule has 0 saturated carbocycles. The minimum atomic E-state index is -1.57. The van der Waals surface area contributed by atoms with Crippen LogP contribution in [0.4, 0.5) is 0 Å². The van der Waals surface area contributed by atoms with Gasteiger partial charge in [-0.1, -0.05) is 296 Å². The summed E-state index contributed by atoms with van der Waals surface area (Å²) in [5.74, 6) is -0.172. The third-order valence-corrected chi connectivity index (χ3v) is 15.9. The molecule has 0 spiro atoms. The Morgan fingerprint density at radius 2 is 0.829 bits per heavy atom. The molecule has 0 aromatic heterocycles. The van der Waals surface area contributed by atoms with Crippen molar-refractivity contribution in [2.45, 2.75) is 371 Å². The zero-order chi connectivity index (χ0) is 55.2. The minimum Gasteiger partial charge on any atom is -0.466 e. The fourth-order valence-electron chi connectivity index (χ4n) is 10.7. The number of esters is 1. The molecule has 11 heteroatoms. The highest BCUT2D eigenvalue weighted by Crippen LogP contribution is 2.23. The molecule has 1 rings (SSSR count). The number of carbonyl (C=O) groups excluding carboxylic acids is 2. The topological polar surface area (TPSA) is 175 Å². The summed E-state index contributed by atoms with van der Waals surface area (Å²) >= 11 is 0. The van der Waals surface area contributed by atoms with Crippen molar-refractivity contribution in [3.8, 4) is 0 Å². The van der Waals surface area contributed by atoms with E-state index in [9.17, 15) is 35.1 Å². The predicted molar refractivity (Wildman–Crippen MR) is 315 cm³/mol. The molecule has 76 heavy (non-hydrogen) atoms. The molecule has 11 nitrogen and oxygen atoms in total. The number of carbonyl (C=O) groups is 2. The van der Waals surface area contributed by atoms with Crippen molar-refractivity contribution in [1.29, 1.82) is 0 Å². The van der Waals surface area contributed by atoms with Crippen LogP contribution in [0.5, 0.6) is 0 Å². The summed E-state index contributed by atoms with van der Waals surface area (Å²) in [5.41, 5.74) is 0. The van der Waals surface area contributed by atoms with Gasteiger partial charge in [-0.05, 0) is 32.1 Å². The van der Waals surface area contributed by atoms with Crippen LogP contribution in [0.15, 0.2) is 12.2 Å². The molecule has 0 aliphatic carbocycles. The number of amides is 1.